The molecule has 0 aliphatic carbocycles. The maximum Gasteiger partial charge on any atom is 0.310 e. The lowest BCUT2D eigenvalue weighted by Crippen LogP contribution is -2.47. The number of hydrogen-bond donors (Lipinski definition) is 1. The van der Waals surface area contributed by atoms with Crippen molar-refractivity contribution in [3.05, 3.63) is 0 Å². The number of likely N-dealkylation sites (N-methyl/N-ethyl adjacent to an activating group) is 1. The summed E-state index contributed by atoms with van der Waals surface area (Å²) in [6.45, 7) is 1.89. The highest BCUT2D eigenvalue weighted by Crippen LogP contribution is 2.23. The Morgan fingerprint density at radius 2 is 2.05 bits per heavy atom. The van der Waals surface area contributed by atoms with Gasteiger partial charge in [0.05, 0.1) is 38.0 Å². The number of carboxylic acids is 1. The van der Waals surface area contributed by atoms with Crippen LogP contribution in [0.3, 0.4) is 0 Å². The largest absolute Gasteiger partial charge is 0.481 e. The van der Waals surface area contributed by atoms with Crippen molar-refractivity contribution in [2.75, 3.05) is 32.6 Å². The zero-order valence-electron chi connectivity index (χ0n) is 12.1. The number of hydrogen-bond acceptors (Lipinski definition) is 6. The summed E-state index contributed by atoms with van der Waals surface area (Å²) in [6.07, 6.45) is 0.146. The van der Waals surface area contributed by atoms with Gasteiger partial charge in [-0.25, -0.2) is 8.42 Å². The Labute approximate surface area is 124 Å². The van der Waals surface area contributed by atoms with E-state index in [2.05, 4.69) is 4.74 Å². The number of aliphatic carboxylic acids is 1. The number of sulfonamides is 1. The predicted molar refractivity (Wildman–Crippen MR) is 73.1 cm³/mol. The van der Waals surface area contributed by atoms with E-state index < -0.39 is 33.9 Å². The van der Waals surface area contributed by atoms with E-state index in [1.165, 1.54) is 7.11 Å². The average molecular weight is 323 g/mol. The second-order valence-electron chi connectivity index (χ2n) is 4.75. The first-order valence-corrected chi connectivity index (χ1v) is 8.31. The standard InChI is InChI=1S/C12H21NO7S/c1-3-13(10-8-20-7-9(10)12(15)16)21(17,18)6-4-5-11(14)19-2/h9-10H,3-8H2,1-2H3,(H,15,16). The molecule has 9 heteroatoms. The summed E-state index contributed by atoms with van der Waals surface area (Å²) in [6, 6.07) is -0.698. The number of nitrogens with zero attached hydrogens (tertiary/aromatic N) is 1. The molecule has 2 atom stereocenters. The Morgan fingerprint density at radius 1 is 1.38 bits per heavy atom. The monoisotopic (exact) mass is 323 g/mol. The third-order valence-electron chi connectivity index (χ3n) is 3.42. The van der Waals surface area contributed by atoms with Crippen molar-refractivity contribution >= 4 is 22.0 Å². The highest BCUT2D eigenvalue weighted by atomic mass is 32.2. The SMILES string of the molecule is CCN(C1COCC1C(=O)O)S(=O)(=O)CCCC(=O)OC. The molecule has 1 N–H and O–H groups in total. The highest BCUT2D eigenvalue weighted by Gasteiger charge is 2.41. The number of methoxy groups -OCH3 is 1. The van der Waals surface area contributed by atoms with E-state index in [-0.39, 0.29) is 38.4 Å². The summed E-state index contributed by atoms with van der Waals surface area (Å²) < 4.78 is 35.3. The van der Waals surface area contributed by atoms with E-state index in [4.69, 9.17) is 9.84 Å². The van der Waals surface area contributed by atoms with Crippen LogP contribution in [0.1, 0.15) is 19.8 Å². The summed E-state index contributed by atoms with van der Waals surface area (Å²) in [5, 5.41) is 9.11. The zero-order chi connectivity index (χ0) is 16.0. The lowest BCUT2D eigenvalue weighted by molar-refractivity contribution is -0.143. The van der Waals surface area contributed by atoms with Crippen LogP contribution in [0.15, 0.2) is 0 Å². The molecule has 0 radical (unpaired) electrons. The fourth-order valence-electron chi connectivity index (χ4n) is 2.32. The van der Waals surface area contributed by atoms with Crippen LogP contribution < -0.4 is 0 Å². The van der Waals surface area contributed by atoms with Crippen LogP contribution in [0, 0.1) is 5.92 Å². The molecule has 0 aromatic heterocycles. The molecule has 21 heavy (non-hydrogen) atoms. The molecule has 2 unspecified atom stereocenters. The molecule has 0 spiro atoms. The summed E-state index contributed by atoms with van der Waals surface area (Å²) in [4.78, 5) is 22.1. The minimum atomic E-state index is -3.64. The van der Waals surface area contributed by atoms with Crippen LogP contribution >= 0.6 is 0 Å². The average Bonchev–Trinajstić information content (AvgIpc) is 2.88. The van der Waals surface area contributed by atoms with Gasteiger partial charge in [-0.15, -0.1) is 0 Å². The van der Waals surface area contributed by atoms with Crippen LogP contribution in [0.2, 0.25) is 0 Å². The van der Waals surface area contributed by atoms with E-state index in [1.807, 2.05) is 0 Å². The first-order valence-electron chi connectivity index (χ1n) is 6.70. The second-order valence-corrected chi connectivity index (χ2v) is 6.79. The number of ether oxygens (including phenoxy) is 2. The molecule has 1 aliphatic rings. The Bertz CT molecular complexity index is 476. The smallest absolute Gasteiger partial charge is 0.310 e. The maximum atomic E-state index is 12.3. The molecule has 8 nitrogen and oxygen atoms in total. The number of carboxylic acid groups (broad SMARTS) is 1. The Hall–Kier alpha value is -1.19. The molecule has 0 bridgehead atoms. The molecule has 1 rings (SSSR count). The third kappa shape index (κ3) is 4.65. The molecule has 122 valence electrons. The molecular weight excluding hydrogens is 302 g/mol. The zero-order valence-corrected chi connectivity index (χ0v) is 13.0. The van der Waals surface area contributed by atoms with Gasteiger partial charge in [0.25, 0.3) is 0 Å². The van der Waals surface area contributed by atoms with E-state index in [0.717, 1.165) is 4.31 Å². The Balaban J connectivity index is 2.73. The second kappa shape index (κ2) is 7.71. The van der Waals surface area contributed by atoms with Crippen LogP contribution in [0.5, 0.6) is 0 Å². The lowest BCUT2D eigenvalue weighted by Gasteiger charge is -2.28. The van der Waals surface area contributed by atoms with Crippen molar-refractivity contribution in [3.63, 3.8) is 0 Å². The van der Waals surface area contributed by atoms with Crippen molar-refractivity contribution < 1.29 is 32.6 Å². The number of carbonyl (C=O) groups is 2. The third-order valence-corrected chi connectivity index (χ3v) is 5.47. The minimum Gasteiger partial charge on any atom is -0.481 e. The maximum absolute atomic E-state index is 12.3. The molecule has 1 aliphatic heterocycles. The van der Waals surface area contributed by atoms with Crippen molar-refractivity contribution in [1.29, 1.82) is 0 Å². The number of rotatable bonds is 8. The molecule has 1 heterocycles. The van der Waals surface area contributed by atoms with Gasteiger partial charge in [0.2, 0.25) is 10.0 Å². The quantitative estimate of drug-likeness (QED) is 0.610. The van der Waals surface area contributed by atoms with Gasteiger partial charge < -0.3 is 14.6 Å². The van der Waals surface area contributed by atoms with Crippen molar-refractivity contribution in [2.24, 2.45) is 5.92 Å². The van der Waals surface area contributed by atoms with Crippen LogP contribution in [-0.4, -0.2) is 68.4 Å². The van der Waals surface area contributed by atoms with Gasteiger partial charge in [-0.2, -0.15) is 4.31 Å². The van der Waals surface area contributed by atoms with Gasteiger partial charge in [0.1, 0.15) is 0 Å². The van der Waals surface area contributed by atoms with E-state index >= 15 is 0 Å². The van der Waals surface area contributed by atoms with E-state index in [9.17, 15) is 18.0 Å². The van der Waals surface area contributed by atoms with Gasteiger partial charge in [-0.1, -0.05) is 6.92 Å². The van der Waals surface area contributed by atoms with Gasteiger partial charge in [-0.05, 0) is 6.42 Å². The molecule has 0 aromatic rings. The van der Waals surface area contributed by atoms with Crippen molar-refractivity contribution in [2.45, 2.75) is 25.8 Å². The fraction of sp³-hybridized carbons (Fsp3) is 0.833. The first kappa shape index (κ1) is 17.9. The molecular formula is C12H21NO7S. The van der Waals surface area contributed by atoms with E-state index in [1.54, 1.807) is 6.92 Å². The molecule has 1 saturated heterocycles. The van der Waals surface area contributed by atoms with Crippen LogP contribution in [-0.2, 0) is 29.1 Å². The highest BCUT2D eigenvalue weighted by molar-refractivity contribution is 7.89. The fourth-order valence-corrected chi connectivity index (χ4v) is 4.08. The van der Waals surface area contributed by atoms with Crippen LogP contribution in [0.4, 0.5) is 0 Å². The summed E-state index contributed by atoms with van der Waals surface area (Å²) in [5.74, 6) is -2.62. The van der Waals surface area contributed by atoms with Crippen molar-refractivity contribution in [3.8, 4) is 0 Å². The minimum absolute atomic E-state index is 0.00812. The van der Waals surface area contributed by atoms with Crippen LogP contribution in [0.25, 0.3) is 0 Å². The summed E-state index contributed by atoms with van der Waals surface area (Å²) >= 11 is 0. The van der Waals surface area contributed by atoms with Gasteiger partial charge in [0, 0.05) is 13.0 Å². The van der Waals surface area contributed by atoms with Gasteiger partial charge >= 0.3 is 11.9 Å². The lowest BCUT2D eigenvalue weighted by atomic mass is 10.0. The molecule has 0 saturated carbocycles. The molecule has 1 fully saturated rings. The van der Waals surface area contributed by atoms with Gasteiger partial charge in [0.15, 0.2) is 0 Å². The summed E-state index contributed by atoms with van der Waals surface area (Å²) in [7, 11) is -2.41. The molecule has 0 aromatic carbocycles. The number of carbonyl (C=O) groups excluding carboxylic acids is 1. The topological polar surface area (TPSA) is 110 Å². The van der Waals surface area contributed by atoms with Gasteiger partial charge in [-0.3, -0.25) is 9.59 Å². The molecule has 0 amide bonds. The van der Waals surface area contributed by atoms with Crippen molar-refractivity contribution in [1.82, 2.24) is 4.31 Å². The first-order chi connectivity index (χ1) is 9.83. The normalized spacial score (nSPS) is 22.4. The summed E-state index contributed by atoms with van der Waals surface area (Å²) in [5.41, 5.74) is 0. The Kier molecular flexibility index (Phi) is 6.56. The van der Waals surface area contributed by atoms with E-state index in [0.29, 0.717) is 0 Å². The number of esters is 1. The Morgan fingerprint density at radius 3 is 2.57 bits per heavy atom. The predicted octanol–water partition coefficient (Wildman–Crippen LogP) is -0.309.